The van der Waals surface area contributed by atoms with Gasteiger partial charge in [-0.25, -0.2) is 0 Å². The van der Waals surface area contributed by atoms with Gasteiger partial charge in [-0.05, 0) is 93.4 Å². The summed E-state index contributed by atoms with van der Waals surface area (Å²) < 4.78 is 2.49. The van der Waals surface area contributed by atoms with Gasteiger partial charge in [0.05, 0.1) is 16.4 Å². The molecule has 0 amide bonds. The zero-order valence-electron chi connectivity index (χ0n) is 29.3. The van der Waals surface area contributed by atoms with Crippen LogP contribution >= 0.6 is 0 Å². The number of anilines is 3. The number of benzene rings is 7. The number of fused-ring (bicyclic) bond motifs is 9. The average molecular weight is 665 g/mol. The van der Waals surface area contributed by atoms with Gasteiger partial charge in [0.2, 0.25) is 0 Å². The summed E-state index contributed by atoms with van der Waals surface area (Å²) >= 11 is 0. The first-order valence-electron chi connectivity index (χ1n) is 18.3. The minimum Gasteiger partial charge on any atom is -0.310 e. The average Bonchev–Trinajstić information content (AvgIpc) is 3.92. The van der Waals surface area contributed by atoms with Crippen molar-refractivity contribution < 1.29 is 0 Å². The van der Waals surface area contributed by atoms with Gasteiger partial charge in [-0.1, -0.05) is 141 Å². The Hall–Kier alpha value is -6.38. The van der Waals surface area contributed by atoms with Crippen molar-refractivity contribution in [1.29, 1.82) is 0 Å². The van der Waals surface area contributed by atoms with Crippen LogP contribution in [0.3, 0.4) is 0 Å². The Balaban J connectivity index is 1.05. The van der Waals surface area contributed by atoms with Gasteiger partial charge < -0.3 is 9.30 Å². The molecular weight excluding hydrogens is 629 g/mol. The normalized spacial score (nSPS) is 14.2. The highest BCUT2D eigenvalue weighted by molar-refractivity contribution is 6.15. The predicted octanol–water partition coefficient (Wildman–Crippen LogP) is 11.5. The van der Waals surface area contributed by atoms with E-state index in [1.54, 1.807) is 0 Å². The molecule has 0 fully saturated rings. The maximum absolute atomic E-state index is 2.49. The van der Waals surface area contributed by atoms with Crippen LogP contribution < -0.4 is 15.5 Å². The highest BCUT2D eigenvalue weighted by Gasteiger charge is 2.35. The van der Waals surface area contributed by atoms with E-state index in [9.17, 15) is 0 Å². The molecule has 2 nitrogen and oxygen atoms in total. The van der Waals surface area contributed by atoms with Gasteiger partial charge in [-0.2, -0.15) is 0 Å². The lowest BCUT2D eigenvalue weighted by Gasteiger charge is -2.28. The monoisotopic (exact) mass is 664 g/mol. The van der Waals surface area contributed by atoms with E-state index in [4.69, 9.17) is 0 Å². The number of rotatable bonds is 5. The van der Waals surface area contributed by atoms with Gasteiger partial charge >= 0.3 is 0 Å². The summed E-state index contributed by atoms with van der Waals surface area (Å²) in [6.45, 7) is 4.72. The molecule has 2 aliphatic rings. The molecule has 0 atom stereocenters. The largest absolute Gasteiger partial charge is 0.310 e. The van der Waals surface area contributed by atoms with Gasteiger partial charge in [0.15, 0.2) is 0 Å². The number of hydrogen-bond acceptors (Lipinski definition) is 1. The fourth-order valence-electron chi connectivity index (χ4n) is 9.32. The third-order valence-electron chi connectivity index (χ3n) is 11.8. The lowest BCUT2D eigenvalue weighted by atomic mass is 9.82. The van der Waals surface area contributed by atoms with Crippen molar-refractivity contribution >= 4 is 55.9 Å². The molecule has 0 saturated carbocycles. The quantitative estimate of drug-likeness (QED) is 0.178. The molecule has 2 aliphatic carbocycles. The van der Waals surface area contributed by atoms with Crippen LogP contribution in [0.2, 0.25) is 0 Å². The molecule has 9 aromatic rings. The molecule has 0 spiro atoms. The first-order valence-corrected chi connectivity index (χ1v) is 18.3. The summed E-state index contributed by atoms with van der Waals surface area (Å²) in [5.74, 6) is 0. The third kappa shape index (κ3) is 4.06. The van der Waals surface area contributed by atoms with E-state index in [1.165, 1.54) is 88.0 Å². The lowest BCUT2D eigenvalue weighted by Crippen LogP contribution is -2.24. The number of aromatic nitrogens is 1. The summed E-state index contributed by atoms with van der Waals surface area (Å²) in [5.41, 5.74) is 16.6. The first kappa shape index (κ1) is 29.4. The van der Waals surface area contributed by atoms with Crippen molar-refractivity contribution in [1.82, 2.24) is 4.40 Å². The van der Waals surface area contributed by atoms with Crippen molar-refractivity contribution in [2.45, 2.75) is 25.7 Å². The van der Waals surface area contributed by atoms with Gasteiger partial charge in [-0.15, -0.1) is 0 Å². The molecule has 2 aromatic heterocycles. The highest BCUT2D eigenvalue weighted by atomic mass is 15.1. The smallest absolute Gasteiger partial charge is 0.0620 e. The highest BCUT2D eigenvalue weighted by Crippen LogP contribution is 2.50. The molecule has 0 aliphatic heterocycles. The summed E-state index contributed by atoms with van der Waals surface area (Å²) in [4.78, 5) is 2.42. The van der Waals surface area contributed by atoms with Crippen LogP contribution in [0.25, 0.3) is 61.1 Å². The van der Waals surface area contributed by atoms with Gasteiger partial charge in [0.25, 0.3) is 0 Å². The van der Waals surface area contributed by atoms with Crippen LogP contribution in [-0.2, 0) is 5.41 Å². The van der Waals surface area contributed by atoms with E-state index in [-0.39, 0.29) is 5.41 Å². The van der Waals surface area contributed by atoms with E-state index in [2.05, 4.69) is 193 Å². The lowest BCUT2D eigenvalue weighted by molar-refractivity contribution is 0.660. The van der Waals surface area contributed by atoms with Crippen molar-refractivity contribution in [3.05, 3.63) is 191 Å². The fraction of sp³-hybridized carbons (Fsp3) is 0.0800. The zero-order valence-corrected chi connectivity index (χ0v) is 29.3. The molecule has 7 aromatic carbocycles. The number of hydrogen-bond donors (Lipinski definition) is 0. The Kier molecular flexibility index (Phi) is 6.10. The summed E-state index contributed by atoms with van der Waals surface area (Å²) in [7, 11) is 0. The molecule has 0 radical (unpaired) electrons. The summed E-state index contributed by atoms with van der Waals surface area (Å²) in [5, 5.41) is 6.72. The zero-order chi connectivity index (χ0) is 34.6. The second-order valence-corrected chi connectivity index (χ2v) is 14.9. The second-order valence-electron chi connectivity index (χ2n) is 14.9. The molecule has 246 valence electrons. The van der Waals surface area contributed by atoms with Crippen molar-refractivity contribution in [3.8, 4) is 22.3 Å². The van der Waals surface area contributed by atoms with Crippen molar-refractivity contribution in [2.75, 3.05) is 4.90 Å². The maximum Gasteiger partial charge on any atom is 0.0620 e. The van der Waals surface area contributed by atoms with Crippen molar-refractivity contribution in [2.24, 2.45) is 0 Å². The minimum absolute atomic E-state index is 0.0793. The number of nitrogens with zero attached hydrogens (tertiary/aromatic N) is 2. The summed E-state index contributed by atoms with van der Waals surface area (Å²) in [6, 6.07) is 60.5. The van der Waals surface area contributed by atoms with Crippen LogP contribution in [0, 0.1) is 0 Å². The molecule has 2 heteroatoms. The molecule has 11 rings (SSSR count). The Morgan fingerprint density at radius 1 is 0.500 bits per heavy atom. The molecule has 0 bridgehead atoms. The fourth-order valence-corrected chi connectivity index (χ4v) is 9.32. The molecule has 52 heavy (non-hydrogen) atoms. The summed E-state index contributed by atoms with van der Waals surface area (Å²) in [6.07, 6.45) is 3.35. The van der Waals surface area contributed by atoms with Crippen LogP contribution in [0.4, 0.5) is 17.1 Å². The Morgan fingerprint density at radius 3 is 1.92 bits per heavy atom. The van der Waals surface area contributed by atoms with Crippen LogP contribution in [-0.4, -0.2) is 4.40 Å². The Labute approximate surface area is 303 Å². The van der Waals surface area contributed by atoms with Crippen LogP contribution in [0.15, 0.2) is 164 Å². The standard InChI is InChI=1S/C50H36N2/c1-50(2)44-17-8-6-13-39(44)40-28-27-37(31-45(40)50)51(35-23-19-33(20-24-35)32-11-4-3-5-12-32)36-25-21-34(22-26-36)38-29-30-47-48(38)43-16-10-15-42-41-14-7-9-18-46(41)52(47)49(42)43/h3-28,30-31H,29H2,1-2H3. The van der Waals surface area contributed by atoms with Crippen LogP contribution in [0.5, 0.6) is 0 Å². The van der Waals surface area contributed by atoms with E-state index in [1.807, 2.05) is 0 Å². The SMILES string of the molecule is CC1(C)c2ccccc2-c2ccc(N(c3ccc(C4=c5c(n6c7ccccc7c7cccc5c76)=CC4)cc3)c3ccc(-c4ccccc4)cc3)cc21. The number of para-hydroxylation sites is 2. The van der Waals surface area contributed by atoms with Crippen LogP contribution in [0.1, 0.15) is 37.0 Å². The Bertz CT molecular complexity index is 2980. The topological polar surface area (TPSA) is 7.65 Å². The third-order valence-corrected chi connectivity index (χ3v) is 11.8. The Morgan fingerprint density at radius 2 is 1.12 bits per heavy atom. The molecule has 0 unspecified atom stereocenters. The molecule has 2 heterocycles. The molecule has 0 N–H and O–H groups in total. The van der Waals surface area contributed by atoms with Gasteiger partial charge in [0, 0.05) is 43.9 Å². The van der Waals surface area contributed by atoms with Gasteiger partial charge in [-0.3, -0.25) is 0 Å². The maximum atomic E-state index is 2.49. The van der Waals surface area contributed by atoms with Crippen molar-refractivity contribution in [3.63, 3.8) is 0 Å². The second kappa shape index (κ2) is 10.8. The van der Waals surface area contributed by atoms with E-state index >= 15 is 0 Å². The van der Waals surface area contributed by atoms with Gasteiger partial charge in [0.1, 0.15) is 0 Å². The minimum atomic E-state index is -0.0793. The van der Waals surface area contributed by atoms with E-state index in [0.717, 1.165) is 17.8 Å². The van der Waals surface area contributed by atoms with E-state index in [0.29, 0.717) is 0 Å². The molecular formula is C50H36N2. The van der Waals surface area contributed by atoms with E-state index < -0.39 is 0 Å². The first-order chi connectivity index (χ1) is 25.6. The molecule has 0 saturated heterocycles. The predicted molar refractivity (Wildman–Crippen MR) is 219 cm³/mol.